The summed E-state index contributed by atoms with van der Waals surface area (Å²) in [4.78, 5) is 33.6. The van der Waals surface area contributed by atoms with Crippen molar-refractivity contribution in [3.8, 4) is 11.3 Å². The second kappa shape index (κ2) is 10.8. The number of hydrogen-bond acceptors (Lipinski definition) is 5. The van der Waals surface area contributed by atoms with Gasteiger partial charge in [-0.15, -0.1) is 0 Å². The number of H-pyrrole nitrogens is 1. The molecular formula is C29H28N6O2. The number of aromatic amines is 1. The number of nitrogens with one attached hydrogen (secondary N) is 3. The topological polar surface area (TPSA) is 94.5 Å². The Balaban J connectivity index is 1.20. The summed E-state index contributed by atoms with van der Waals surface area (Å²) in [6, 6.07) is 24.9. The number of rotatable bonds is 9. The number of anilines is 3. The highest BCUT2D eigenvalue weighted by atomic mass is 16.1. The molecule has 8 nitrogen and oxygen atoms in total. The van der Waals surface area contributed by atoms with Gasteiger partial charge >= 0.3 is 0 Å². The molecule has 0 radical (unpaired) electrons. The highest BCUT2D eigenvalue weighted by Gasteiger charge is 2.10. The van der Waals surface area contributed by atoms with Gasteiger partial charge in [0.1, 0.15) is 0 Å². The van der Waals surface area contributed by atoms with Gasteiger partial charge in [-0.25, -0.2) is 4.98 Å². The average molecular weight is 493 g/mol. The third-order valence-corrected chi connectivity index (χ3v) is 6.20. The van der Waals surface area contributed by atoms with Crippen molar-refractivity contribution in [3.63, 3.8) is 0 Å². The number of amides is 1. The molecule has 3 N–H and O–H groups in total. The van der Waals surface area contributed by atoms with Gasteiger partial charge < -0.3 is 20.5 Å². The summed E-state index contributed by atoms with van der Waals surface area (Å²) in [5, 5.41) is 6.38. The Labute approximate surface area is 214 Å². The first-order chi connectivity index (χ1) is 18.1. The van der Waals surface area contributed by atoms with E-state index in [1.54, 1.807) is 30.6 Å². The third kappa shape index (κ3) is 5.54. The van der Waals surface area contributed by atoms with Gasteiger partial charge in [0.25, 0.3) is 5.91 Å². The van der Waals surface area contributed by atoms with Crippen LogP contribution in [0.2, 0.25) is 0 Å². The van der Waals surface area contributed by atoms with E-state index in [-0.39, 0.29) is 11.5 Å². The van der Waals surface area contributed by atoms with Gasteiger partial charge in [0, 0.05) is 67.3 Å². The summed E-state index contributed by atoms with van der Waals surface area (Å²) < 4.78 is 1.94. The molecule has 0 saturated heterocycles. The summed E-state index contributed by atoms with van der Waals surface area (Å²) in [5.41, 5.74) is 5.68. The Kier molecular flexibility index (Phi) is 6.98. The molecule has 186 valence electrons. The Morgan fingerprint density at radius 2 is 1.84 bits per heavy atom. The van der Waals surface area contributed by atoms with Crippen LogP contribution in [0.5, 0.6) is 0 Å². The fourth-order valence-electron chi connectivity index (χ4n) is 4.24. The lowest BCUT2D eigenvalue weighted by atomic mass is 10.1. The molecule has 0 aliphatic rings. The smallest absolute Gasteiger partial charge is 0.251 e. The standard InChI is InChI=1S/C29H28N6O2/c1-34(24-6-3-2-4-7-24)18-5-15-32-29(37)21-8-10-23(11-9-21)33-25-12-13-26(35-19-17-31-28(25)35)22-14-16-30-27(36)20-22/h2-4,6-14,16-17,19-20,33H,5,15,18H2,1H3,(H,30,36)(H,32,37). The Morgan fingerprint density at radius 1 is 1.03 bits per heavy atom. The van der Waals surface area contributed by atoms with E-state index in [1.807, 2.05) is 59.1 Å². The quantitative estimate of drug-likeness (QED) is 0.260. The van der Waals surface area contributed by atoms with Crippen LogP contribution in [0.4, 0.5) is 17.1 Å². The summed E-state index contributed by atoms with van der Waals surface area (Å²) in [7, 11) is 2.05. The molecule has 0 spiro atoms. The summed E-state index contributed by atoms with van der Waals surface area (Å²) in [6.07, 6.45) is 6.07. The molecule has 8 heteroatoms. The number of benzene rings is 2. The van der Waals surface area contributed by atoms with E-state index in [0.29, 0.717) is 12.1 Å². The van der Waals surface area contributed by atoms with Crippen LogP contribution in [0.1, 0.15) is 16.8 Å². The van der Waals surface area contributed by atoms with E-state index < -0.39 is 0 Å². The molecule has 3 heterocycles. The fourth-order valence-corrected chi connectivity index (χ4v) is 4.24. The zero-order chi connectivity index (χ0) is 25.6. The summed E-state index contributed by atoms with van der Waals surface area (Å²) in [6.45, 7) is 1.46. The summed E-state index contributed by atoms with van der Waals surface area (Å²) in [5.74, 6) is -0.0910. The van der Waals surface area contributed by atoms with Gasteiger partial charge in [0.2, 0.25) is 5.56 Å². The SMILES string of the molecule is CN(CCCNC(=O)c1ccc(Nc2ccc(-c3cc[nH]c(=O)c3)n3ccnc23)cc1)c1ccccc1. The number of carbonyl (C=O) groups is 1. The van der Waals surface area contributed by atoms with Crippen molar-refractivity contribution < 1.29 is 4.79 Å². The highest BCUT2D eigenvalue weighted by molar-refractivity contribution is 5.94. The Hall–Kier alpha value is -4.85. The van der Waals surface area contributed by atoms with Gasteiger partial charge in [0.15, 0.2) is 5.65 Å². The van der Waals surface area contributed by atoms with Crippen molar-refractivity contribution in [3.05, 3.63) is 113 Å². The number of aromatic nitrogens is 3. The van der Waals surface area contributed by atoms with Crippen LogP contribution in [0, 0.1) is 0 Å². The zero-order valence-electron chi connectivity index (χ0n) is 20.5. The fraction of sp³-hybridized carbons (Fsp3) is 0.138. The first kappa shape index (κ1) is 23.9. The van der Waals surface area contributed by atoms with Gasteiger partial charge in [-0.05, 0) is 61.0 Å². The van der Waals surface area contributed by atoms with E-state index in [0.717, 1.165) is 46.9 Å². The number of hydrogen-bond donors (Lipinski definition) is 3. The number of pyridine rings is 2. The van der Waals surface area contributed by atoms with Gasteiger partial charge in [-0.1, -0.05) is 18.2 Å². The van der Waals surface area contributed by atoms with Crippen LogP contribution in [0.25, 0.3) is 16.9 Å². The molecule has 1 amide bonds. The number of carbonyl (C=O) groups excluding carboxylic acids is 1. The van der Waals surface area contributed by atoms with Crippen LogP contribution < -0.4 is 21.1 Å². The highest BCUT2D eigenvalue weighted by Crippen LogP contribution is 2.27. The van der Waals surface area contributed by atoms with E-state index >= 15 is 0 Å². The van der Waals surface area contributed by atoms with Crippen LogP contribution in [0.15, 0.2) is 102 Å². The summed E-state index contributed by atoms with van der Waals surface area (Å²) >= 11 is 0. The predicted octanol–water partition coefficient (Wildman–Crippen LogP) is 4.69. The van der Waals surface area contributed by atoms with Crippen LogP contribution in [-0.4, -0.2) is 40.4 Å². The maximum atomic E-state index is 12.6. The lowest BCUT2D eigenvalue weighted by Crippen LogP contribution is -2.28. The molecule has 2 aromatic carbocycles. The molecule has 0 fully saturated rings. The maximum absolute atomic E-state index is 12.6. The maximum Gasteiger partial charge on any atom is 0.251 e. The monoisotopic (exact) mass is 492 g/mol. The molecule has 0 aliphatic carbocycles. The second-order valence-corrected chi connectivity index (χ2v) is 8.76. The molecule has 5 rings (SSSR count). The molecule has 3 aromatic heterocycles. The molecule has 0 aliphatic heterocycles. The second-order valence-electron chi connectivity index (χ2n) is 8.76. The first-order valence-corrected chi connectivity index (χ1v) is 12.2. The van der Waals surface area contributed by atoms with Crippen molar-refractivity contribution in [2.24, 2.45) is 0 Å². The van der Waals surface area contributed by atoms with Crippen molar-refractivity contribution in [1.29, 1.82) is 0 Å². The van der Waals surface area contributed by atoms with Crippen molar-refractivity contribution >= 4 is 28.6 Å². The van der Waals surface area contributed by atoms with Crippen molar-refractivity contribution in [1.82, 2.24) is 19.7 Å². The number of fused-ring (bicyclic) bond motifs is 1. The molecule has 0 atom stereocenters. The van der Waals surface area contributed by atoms with Crippen molar-refractivity contribution in [2.45, 2.75) is 6.42 Å². The lowest BCUT2D eigenvalue weighted by molar-refractivity contribution is 0.0953. The van der Waals surface area contributed by atoms with E-state index in [2.05, 4.69) is 44.7 Å². The zero-order valence-corrected chi connectivity index (χ0v) is 20.5. The molecule has 0 unspecified atom stereocenters. The van der Waals surface area contributed by atoms with Gasteiger partial charge in [0.05, 0.1) is 11.4 Å². The minimum Gasteiger partial charge on any atom is -0.375 e. The predicted molar refractivity (Wildman–Crippen MR) is 148 cm³/mol. The normalized spacial score (nSPS) is 10.8. The molecule has 37 heavy (non-hydrogen) atoms. The van der Waals surface area contributed by atoms with Crippen LogP contribution in [0.3, 0.4) is 0 Å². The minimum atomic E-state index is -0.156. The molecular weight excluding hydrogens is 464 g/mol. The largest absolute Gasteiger partial charge is 0.375 e. The van der Waals surface area contributed by atoms with Crippen molar-refractivity contribution in [2.75, 3.05) is 30.4 Å². The first-order valence-electron chi connectivity index (χ1n) is 12.2. The average Bonchev–Trinajstić information content (AvgIpc) is 3.42. The number of para-hydroxylation sites is 1. The van der Waals surface area contributed by atoms with Gasteiger partial charge in [-0.2, -0.15) is 0 Å². The third-order valence-electron chi connectivity index (χ3n) is 6.20. The van der Waals surface area contributed by atoms with Crippen LogP contribution in [-0.2, 0) is 0 Å². The molecule has 0 saturated carbocycles. The van der Waals surface area contributed by atoms with Gasteiger partial charge in [-0.3, -0.25) is 14.0 Å². The van der Waals surface area contributed by atoms with E-state index in [1.165, 1.54) is 0 Å². The Bertz CT molecular complexity index is 1560. The van der Waals surface area contributed by atoms with E-state index in [9.17, 15) is 9.59 Å². The Morgan fingerprint density at radius 3 is 2.62 bits per heavy atom. The molecule has 5 aromatic rings. The number of imidazole rings is 1. The lowest BCUT2D eigenvalue weighted by Gasteiger charge is -2.19. The van der Waals surface area contributed by atoms with Crippen LogP contribution >= 0.6 is 0 Å². The van der Waals surface area contributed by atoms with E-state index in [4.69, 9.17) is 0 Å². The molecule has 0 bridgehead atoms. The minimum absolute atomic E-state index is 0.0910. The number of nitrogens with zero attached hydrogens (tertiary/aromatic N) is 3.